The molecule has 1 aromatic carbocycles. The van der Waals surface area contributed by atoms with Crippen LogP contribution in [0.3, 0.4) is 0 Å². The molecule has 1 radical (unpaired) electrons. The van der Waals surface area contributed by atoms with Gasteiger partial charge in [0, 0.05) is 0 Å². The van der Waals surface area contributed by atoms with Gasteiger partial charge in [-0.15, -0.1) is 0 Å². The molecule has 0 fully saturated rings. The van der Waals surface area contributed by atoms with Crippen molar-refractivity contribution in [2.45, 2.75) is 12.5 Å². The highest BCUT2D eigenvalue weighted by atomic mass is 16.2. The van der Waals surface area contributed by atoms with Crippen LogP contribution in [-0.4, -0.2) is 24.8 Å². The summed E-state index contributed by atoms with van der Waals surface area (Å²) in [4.78, 5) is 21.2. The number of hydrogen-bond donors (Lipinski definition) is 2. The molecule has 0 aliphatic rings. The molecule has 0 heterocycles. The second-order valence-corrected chi connectivity index (χ2v) is 3.16. The maximum atomic E-state index is 11.3. The molecule has 0 aromatic heterocycles. The fourth-order valence-electron chi connectivity index (χ4n) is 1.22. The first-order valence-corrected chi connectivity index (χ1v) is 4.66. The number of rotatable bonds is 5. The van der Waals surface area contributed by atoms with Crippen LogP contribution in [0.1, 0.15) is 5.56 Å². The van der Waals surface area contributed by atoms with Gasteiger partial charge in [0.25, 0.3) is 0 Å². The molecule has 1 atom stereocenters. The van der Waals surface area contributed by atoms with Crippen molar-refractivity contribution in [3.05, 3.63) is 35.9 Å². The summed E-state index contributed by atoms with van der Waals surface area (Å²) in [7, 11) is 0. The summed E-state index contributed by atoms with van der Waals surface area (Å²) in [5.74, 6) is -0.331. The highest BCUT2D eigenvalue weighted by Gasteiger charge is 2.12. The van der Waals surface area contributed by atoms with E-state index in [1.165, 1.54) is 0 Å². The number of nitrogens with two attached hydrogens (primary N) is 1. The molecule has 0 saturated carbocycles. The Morgan fingerprint density at radius 2 is 2.07 bits per heavy atom. The van der Waals surface area contributed by atoms with Gasteiger partial charge in [0.1, 0.15) is 0 Å². The van der Waals surface area contributed by atoms with Crippen molar-refractivity contribution >= 4 is 12.2 Å². The summed E-state index contributed by atoms with van der Waals surface area (Å²) in [6.45, 7) is -0.110. The van der Waals surface area contributed by atoms with Gasteiger partial charge in [-0.25, -0.2) is 0 Å². The predicted octanol–water partition coefficient (Wildman–Crippen LogP) is -0.218. The maximum Gasteiger partial charge on any atom is 0.237 e. The lowest BCUT2D eigenvalue weighted by Crippen LogP contribution is -2.42. The van der Waals surface area contributed by atoms with Gasteiger partial charge in [0.05, 0.1) is 12.6 Å². The number of hydrogen-bond acceptors (Lipinski definition) is 3. The van der Waals surface area contributed by atoms with E-state index in [0.717, 1.165) is 5.56 Å². The molecule has 1 aromatic rings. The highest BCUT2D eigenvalue weighted by molar-refractivity contribution is 5.83. The third-order valence-corrected chi connectivity index (χ3v) is 1.97. The van der Waals surface area contributed by atoms with Crippen LogP contribution in [0, 0.1) is 0 Å². The zero-order valence-electron chi connectivity index (χ0n) is 8.27. The Morgan fingerprint density at radius 3 is 2.67 bits per heavy atom. The van der Waals surface area contributed by atoms with Gasteiger partial charge in [-0.05, 0) is 12.0 Å². The van der Waals surface area contributed by atoms with Gasteiger partial charge in [-0.3, -0.25) is 9.59 Å². The van der Waals surface area contributed by atoms with E-state index < -0.39 is 6.04 Å². The van der Waals surface area contributed by atoms with Crippen LogP contribution in [0.4, 0.5) is 0 Å². The molecular formula is C11H13N2O2. The van der Waals surface area contributed by atoms with E-state index in [2.05, 4.69) is 5.32 Å². The Kier molecular flexibility index (Phi) is 4.50. The molecule has 1 amide bonds. The maximum absolute atomic E-state index is 11.3. The van der Waals surface area contributed by atoms with E-state index in [4.69, 9.17) is 5.73 Å². The predicted molar refractivity (Wildman–Crippen MR) is 56.8 cm³/mol. The minimum absolute atomic E-state index is 0.110. The van der Waals surface area contributed by atoms with Crippen LogP contribution in [0.15, 0.2) is 30.3 Å². The molecule has 1 rings (SSSR count). The standard InChI is InChI=1S/C11H13N2O2/c12-10(11(15)13-6-7-14)8-9-4-2-1-3-5-9/h1-5,10H,6,8,12H2,(H,13,15)/t10-/m0/s1. The number of amides is 1. The fourth-order valence-corrected chi connectivity index (χ4v) is 1.22. The van der Waals surface area contributed by atoms with Crippen molar-refractivity contribution in [1.82, 2.24) is 5.32 Å². The van der Waals surface area contributed by atoms with Gasteiger partial charge < -0.3 is 11.1 Å². The molecule has 4 heteroatoms. The van der Waals surface area contributed by atoms with Crippen molar-refractivity contribution in [2.75, 3.05) is 6.54 Å². The summed E-state index contributed by atoms with van der Waals surface area (Å²) >= 11 is 0. The van der Waals surface area contributed by atoms with E-state index in [1.807, 2.05) is 30.3 Å². The molecule has 0 aliphatic carbocycles. The number of carbonyl (C=O) groups is 1. The SMILES string of the molecule is N[C@@H](Cc1ccccc1)C(=O)NC[C]=O. The van der Waals surface area contributed by atoms with E-state index in [9.17, 15) is 9.59 Å². The summed E-state index contributed by atoms with van der Waals surface area (Å²) in [6, 6.07) is 8.85. The third kappa shape index (κ3) is 3.91. The van der Waals surface area contributed by atoms with Crippen molar-refractivity contribution in [2.24, 2.45) is 5.73 Å². The molecule has 15 heavy (non-hydrogen) atoms. The molecule has 79 valence electrons. The number of carbonyl (C=O) groups excluding carboxylic acids is 2. The first kappa shape index (κ1) is 11.4. The molecule has 4 nitrogen and oxygen atoms in total. The average Bonchev–Trinajstić information content (AvgIpc) is 2.27. The second-order valence-electron chi connectivity index (χ2n) is 3.16. The number of nitrogens with one attached hydrogen (secondary N) is 1. The van der Waals surface area contributed by atoms with Crippen LogP contribution < -0.4 is 11.1 Å². The number of benzene rings is 1. The van der Waals surface area contributed by atoms with Crippen LogP contribution in [0.2, 0.25) is 0 Å². The normalized spacial score (nSPS) is 11.8. The Bertz CT molecular complexity index is 325. The lowest BCUT2D eigenvalue weighted by molar-refractivity contribution is -0.122. The van der Waals surface area contributed by atoms with Gasteiger partial charge >= 0.3 is 0 Å². The summed E-state index contributed by atoms with van der Waals surface area (Å²) < 4.78 is 0. The first-order chi connectivity index (χ1) is 7.24. The second kappa shape index (κ2) is 5.93. The van der Waals surface area contributed by atoms with Gasteiger partial charge in [0.15, 0.2) is 0 Å². The van der Waals surface area contributed by atoms with Crippen molar-refractivity contribution in [3.63, 3.8) is 0 Å². The molecule has 0 spiro atoms. The topological polar surface area (TPSA) is 72.2 Å². The van der Waals surface area contributed by atoms with Crippen molar-refractivity contribution in [1.29, 1.82) is 0 Å². The third-order valence-electron chi connectivity index (χ3n) is 1.97. The molecule has 0 saturated heterocycles. The lowest BCUT2D eigenvalue weighted by atomic mass is 10.1. The smallest absolute Gasteiger partial charge is 0.237 e. The summed E-state index contributed by atoms with van der Waals surface area (Å²) in [5, 5.41) is 2.36. The zero-order chi connectivity index (χ0) is 11.1. The van der Waals surface area contributed by atoms with E-state index in [-0.39, 0.29) is 12.5 Å². The average molecular weight is 205 g/mol. The van der Waals surface area contributed by atoms with E-state index >= 15 is 0 Å². The van der Waals surface area contributed by atoms with Crippen LogP contribution in [0.25, 0.3) is 0 Å². The van der Waals surface area contributed by atoms with Crippen LogP contribution in [0.5, 0.6) is 0 Å². The molecule has 3 N–H and O–H groups in total. The van der Waals surface area contributed by atoms with Gasteiger partial charge in [0.2, 0.25) is 12.2 Å². The first-order valence-electron chi connectivity index (χ1n) is 4.66. The highest BCUT2D eigenvalue weighted by Crippen LogP contribution is 2.01. The summed E-state index contributed by atoms with van der Waals surface area (Å²) in [5.41, 5.74) is 6.64. The largest absolute Gasteiger partial charge is 0.347 e. The van der Waals surface area contributed by atoms with Crippen LogP contribution in [-0.2, 0) is 16.0 Å². The Hall–Kier alpha value is -1.68. The Balaban J connectivity index is 2.45. The molecule has 0 unspecified atom stereocenters. The van der Waals surface area contributed by atoms with Gasteiger partial charge in [-0.2, -0.15) is 0 Å². The molecular weight excluding hydrogens is 192 g/mol. The fraction of sp³-hybridized carbons (Fsp3) is 0.273. The monoisotopic (exact) mass is 205 g/mol. The summed E-state index contributed by atoms with van der Waals surface area (Å²) in [6.07, 6.45) is 2.04. The van der Waals surface area contributed by atoms with Gasteiger partial charge in [-0.1, -0.05) is 30.3 Å². The molecule has 0 aliphatic heterocycles. The minimum Gasteiger partial charge on any atom is -0.347 e. The Morgan fingerprint density at radius 1 is 1.40 bits per heavy atom. The lowest BCUT2D eigenvalue weighted by Gasteiger charge is -2.10. The minimum atomic E-state index is -0.624. The Labute approximate surface area is 88.5 Å². The quantitative estimate of drug-likeness (QED) is 0.698. The van der Waals surface area contributed by atoms with Crippen LogP contribution >= 0.6 is 0 Å². The molecule has 0 bridgehead atoms. The van der Waals surface area contributed by atoms with Crippen molar-refractivity contribution < 1.29 is 9.59 Å². The van der Waals surface area contributed by atoms with E-state index in [1.54, 1.807) is 6.29 Å². The van der Waals surface area contributed by atoms with E-state index in [0.29, 0.717) is 6.42 Å². The van der Waals surface area contributed by atoms with Crippen molar-refractivity contribution in [3.8, 4) is 0 Å². The zero-order valence-corrected chi connectivity index (χ0v) is 8.27.